The van der Waals surface area contributed by atoms with E-state index in [9.17, 15) is 14.7 Å². The number of aromatic nitrogens is 2. The molecule has 6 rings (SSSR count). The Morgan fingerprint density at radius 1 is 1.13 bits per heavy atom. The quantitative estimate of drug-likeness (QED) is 0.468. The van der Waals surface area contributed by atoms with Crippen LogP contribution in [0.1, 0.15) is 42.5 Å². The molecule has 0 spiro atoms. The van der Waals surface area contributed by atoms with Gasteiger partial charge in [0.25, 0.3) is 5.56 Å². The molecule has 206 valence electrons. The number of hydrogen-bond donors (Lipinski definition) is 1. The van der Waals surface area contributed by atoms with Gasteiger partial charge in [-0.15, -0.1) is 0 Å². The lowest BCUT2D eigenvalue weighted by molar-refractivity contribution is -0.172. The average molecular weight is 535 g/mol. The van der Waals surface area contributed by atoms with Gasteiger partial charge in [0.2, 0.25) is 0 Å². The first-order valence-electron chi connectivity index (χ1n) is 13.5. The summed E-state index contributed by atoms with van der Waals surface area (Å²) in [4.78, 5) is 36.0. The first-order valence-corrected chi connectivity index (χ1v) is 13.5. The van der Waals surface area contributed by atoms with Crippen molar-refractivity contribution in [2.75, 3.05) is 46.4 Å². The van der Waals surface area contributed by atoms with Crippen LogP contribution in [0.4, 0.5) is 0 Å². The summed E-state index contributed by atoms with van der Waals surface area (Å²) in [7, 11) is 2.13. The van der Waals surface area contributed by atoms with Gasteiger partial charge in [0, 0.05) is 49.9 Å². The number of rotatable bonds is 4. The molecule has 1 fully saturated rings. The number of ether oxygens (including phenoxy) is 3. The Morgan fingerprint density at radius 3 is 2.59 bits per heavy atom. The summed E-state index contributed by atoms with van der Waals surface area (Å²) >= 11 is 0. The first-order chi connectivity index (χ1) is 18.7. The van der Waals surface area contributed by atoms with E-state index in [0.29, 0.717) is 65.7 Å². The SMILES string of the molecule is C=c1c(CN2CCN(C)CC2)c2c(n/c1=C/C1=C(C)OCCO1)-c1cc3c(c(=O)n1C2)COC(=O)C3(O)CC. The van der Waals surface area contributed by atoms with Crippen LogP contribution in [0, 0.1) is 0 Å². The molecule has 0 radical (unpaired) electrons. The number of nitrogens with zero attached hydrogens (tertiary/aromatic N) is 4. The van der Waals surface area contributed by atoms with E-state index in [1.165, 1.54) is 0 Å². The highest BCUT2D eigenvalue weighted by atomic mass is 16.6. The van der Waals surface area contributed by atoms with Crippen LogP contribution in [0.5, 0.6) is 0 Å². The number of allylic oxidation sites excluding steroid dienone is 2. The maximum Gasteiger partial charge on any atom is 0.343 e. The zero-order chi connectivity index (χ0) is 27.5. The minimum Gasteiger partial charge on any atom is -0.491 e. The van der Waals surface area contributed by atoms with Crippen LogP contribution in [-0.4, -0.2) is 76.9 Å². The van der Waals surface area contributed by atoms with Crippen molar-refractivity contribution in [3.05, 3.63) is 60.8 Å². The van der Waals surface area contributed by atoms with Crippen molar-refractivity contribution >= 4 is 18.6 Å². The standard InChI is InChI=1S/C29H34N4O6/c1-5-29(36)22-12-24-26-20(15-33(24)27(34)21(22)16-39-28(29)35)19(14-32-8-6-31(4)7-9-32)17(2)23(30-26)13-25-18(3)37-10-11-38-25/h12-13,36H,2,5-11,14-16H2,1,3-4H3/b23-13+. The molecule has 1 N–H and O–H groups in total. The van der Waals surface area contributed by atoms with E-state index in [-0.39, 0.29) is 18.6 Å². The highest BCUT2D eigenvalue weighted by Gasteiger charge is 2.45. The summed E-state index contributed by atoms with van der Waals surface area (Å²) < 4.78 is 18.4. The van der Waals surface area contributed by atoms with Crippen LogP contribution in [0.25, 0.3) is 24.0 Å². The first kappa shape index (κ1) is 25.8. The van der Waals surface area contributed by atoms with Crippen LogP contribution in [-0.2, 0) is 44.3 Å². The Kier molecular flexibility index (Phi) is 6.36. The van der Waals surface area contributed by atoms with Crippen molar-refractivity contribution in [2.24, 2.45) is 0 Å². The highest BCUT2D eigenvalue weighted by Crippen LogP contribution is 2.38. The Balaban J connectivity index is 1.56. The molecule has 10 heteroatoms. The predicted octanol–water partition coefficient (Wildman–Crippen LogP) is 0.143. The molecule has 1 saturated heterocycles. The lowest BCUT2D eigenvalue weighted by Gasteiger charge is -2.32. The van der Waals surface area contributed by atoms with Gasteiger partial charge in [0.05, 0.1) is 28.8 Å². The molecule has 39 heavy (non-hydrogen) atoms. The van der Waals surface area contributed by atoms with Gasteiger partial charge in [0.1, 0.15) is 25.6 Å². The minimum absolute atomic E-state index is 0.0955. The van der Waals surface area contributed by atoms with Gasteiger partial charge in [0.15, 0.2) is 11.4 Å². The Labute approximate surface area is 226 Å². The van der Waals surface area contributed by atoms with Gasteiger partial charge in [-0.2, -0.15) is 0 Å². The number of carbonyl (C=O) groups excluding carboxylic acids is 1. The second-order valence-corrected chi connectivity index (χ2v) is 10.7. The zero-order valence-electron chi connectivity index (χ0n) is 22.7. The van der Waals surface area contributed by atoms with E-state index >= 15 is 0 Å². The molecule has 4 aliphatic rings. The second kappa shape index (κ2) is 9.62. The number of carbonyl (C=O) groups is 1. The summed E-state index contributed by atoms with van der Waals surface area (Å²) in [6.07, 6.45) is 1.95. The van der Waals surface area contributed by atoms with Gasteiger partial charge in [-0.3, -0.25) is 9.69 Å². The number of likely N-dealkylation sites (N-methyl/N-ethyl adjacent to an activating group) is 1. The smallest absolute Gasteiger partial charge is 0.343 e. The summed E-state index contributed by atoms with van der Waals surface area (Å²) in [5.74, 6) is 0.552. The number of fused-ring (bicyclic) bond motifs is 4. The van der Waals surface area contributed by atoms with Gasteiger partial charge in [-0.1, -0.05) is 13.5 Å². The van der Waals surface area contributed by atoms with Crippen molar-refractivity contribution < 1.29 is 24.1 Å². The van der Waals surface area contributed by atoms with Crippen molar-refractivity contribution in [3.8, 4) is 11.4 Å². The fourth-order valence-electron chi connectivity index (χ4n) is 5.85. The lowest BCUT2D eigenvalue weighted by atomic mass is 9.86. The maximum atomic E-state index is 13.7. The molecular weight excluding hydrogens is 500 g/mol. The van der Waals surface area contributed by atoms with Crippen molar-refractivity contribution in [2.45, 2.75) is 45.6 Å². The van der Waals surface area contributed by atoms with Crippen LogP contribution in [0.3, 0.4) is 0 Å². The molecule has 1 atom stereocenters. The monoisotopic (exact) mass is 534 g/mol. The molecule has 0 amide bonds. The van der Waals surface area contributed by atoms with Crippen LogP contribution in [0.2, 0.25) is 0 Å². The molecule has 4 aliphatic heterocycles. The molecule has 0 bridgehead atoms. The number of cyclic esters (lactones) is 1. The Hall–Kier alpha value is -3.47. The van der Waals surface area contributed by atoms with Gasteiger partial charge in [-0.05, 0) is 37.2 Å². The molecule has 2 aromatic rings. The molecule has 1 unspecified atom stereocenters. The third-order valence-corrected chi connectivity index (χ3v) is 8.41. The average Bonchev–Trinajstić information content (AvgIpc) is 3.30. The van der Waals surface area contributed by atoms with Gasteiger partial charge >= 0.3 is 5.97 Å². The minimum atomic E-state index is -1.87. The number of esters is 1. The van der Waals surface area contributed by atoms with Crippen molar-refractivity contribution in [3.63, 3.8) is 0 Å². The van der Waals surface area contributed by atoms with Crippen LogP contribution >= 0.6 is 0 Å². The van der Waals surface area contributed by atoms with Gasteiger partial charge < -0.3 is 28.8 Å². The fourth-order valence-corrected chi connectivity index (χ4v) is 5.85. The van der Waals surface area contributed by atoms with E-state index in [4.69, 9.17) is 19.2 Å². The third-order valence-electron chi connectivity index (χ3n) is 8.41. The topological polar surface area (TPSA) is 106 Å². The number of hydrogen-bond acceptors (Lipinski definition) is 9. The second-order valence-electron chi connectivity index (χ2n) is 10.7. The van der Waals surface area contributed by atoms with E-state index in [1.54, 1.807) is 17.6 Å². The van der Waals surface area contributed by atoms with E-state index < -0.39 is 11.6 Å². The number of aliphatic hydroxyl groups is 1. The summed E-state index contributed by atoms with van der Waals surface area (Å²) in [5.41, 5.74) is 1.68. The summed E-state index contributed by atoms with van der Waals surface area (Å²) in [6, 6.07) is 1.75. The van der Waals surface area contributed by atoms with Crippen LogP contribution < -0.4 is 16.1 Å². The zero-order valence-corrected chi connectivity index (χ0v) is 22.7. The Bertz CT molecular complexity index is 1570. The molecule has 6 heterocycles. The summed E-state index contributed by atoms with van der Waals surface area (Å²) in [6.45, 7) is 13.6. The van der Waals surface area contributed by atoms with Crippen molar-refractivity contribution in [1.29, 1.82) is 0 Å². The molecule has 0 aliphatic carbocycles. The van der Waals surface area contributed by atoms with Crippen molar-refractivity contribution in [1.82, 2.24) is 19.4 Å². The van der Waals surface area contributed by atoms with Crippen LogP contribution in [0.15, 0.2) is 22.4 Å². The Morgan fingerprint density at radius 2 is 1.87 bits per heavy atom. The number of piperazine rings is 1. The fraction of sp³-hybridized carbons (Fsp3) is 0.483. The molecule has 0 aromatic carbocycles. The van der Waals surface area contributed by atoms with Gasteiger partial charge in [-0.25, -0.2) is 9.78 Å². The third kappa shape index (κ3) is 4.18. The molecule has 10 nitrogen and oxygen atoms in total. The summed E-state index contributed by atoms with van der Waals surface area (Å²) in [5, 5.41) is 12.7. The number of pyridine rings is 2. The van der Waals surface area contributed by atoms with E-state index in [2.05, 4.69) is 23.4 Å². The van der Waals surface area contributed by atoms with E-state index in [1.807, 2.05) is 13.0 Å². The molecule has 2 aromatic heterocycles. The molecular formula is C29H34N4O6. The van der Waals surface area contributed by atoms with E-state index in [0.717, 1.165) is 42.5 Å². The largest absolute Gasteiger partial charge is 0.491 e. The lowest BCUT2D eigenvalue weighted by Crippen LogP contribution is -2.45. The molecule has 0 saturated carbocycles. The predicted molar refractivity (Wildman–Crippen MR) is 144 cm³/mol. The normalized spacial score (nSPS) is 23.6. The highest BCUT2D eigenvalue weighted by molar-refractivity contribution is 5.84. The maximum absolute atomic E-state index is 13.7.